The van der Waals surface area contributed by atoms with Crippen molar-refractivity contribution in [3.63, 3.8) is 0 Å². The van der Waals surface area contributed by atoms with Gasteiger partial charge in [0.15, 0.2) is 5.79 Å². The van der Waals surface area contributed by atoms with Crippen molar-refractivity contribution in [2.45, 2.75) is 44.0 Å². The molecule has 2 fully saturated rings. The van der Waals surface area contributed by atoms with Gasteiger partial charge in [-0.15, -0.1) is 0 Å². The van der Waals surface area contributed by atoms with Gasteiger partial charge in [-0.05, 0) is 12.8 Å². The Hall–Kier alpha value is -0.690. The van der Waals surface area contributed by atoms with Crippen molar-refractivity contribution in [2.75, 3.05) is 47.1 Å². The van der Waals surface area contributed by atoms with E-state index in [2.05, 4.69) is 4.90 Å². The molecular weight excluding hydrogens is 274 g/mol. The second-order valence-corrected chi connectivity index (χ2v) is 5.79. The molecule has 0 radical (unpaired) electrons. The van der Waals surface area contributed by atoms with Crippen LogP contribution in [0.2, 0.25) is 0 Å². The highest BCUT2D eigenvalue weighted by atomic mass is 16.7. The fraction of sp³-hybridized carbons (Fsp3) is 0.933. The SMILES string of the molecule is COCCN(CCC(=O)OC)CC1COC2(CCCC2)O1. The quantitative estimate of drug-likeness (QED) is 0.628. The first-order chi connectivity index (χ1) is 10.2. The summed E-state index contributed by atoms with van der Waals surface area (Å²) >= 11 is 0. The first-order valence-corrected chi connectivity index (χ1v) is 7.77. The Labute approximate surface area is 126 Å². The molecule has 2 rings (SSSR count). The van der Waals surface area contributed by atoms with Crippen molar-refractivity contribution in [1.29, 1.82) is 0 Å². The van der Waals surface area contributed by atoms with E-state index in [0.29, 0.717) is 26.2 Å². The third-order valence-corrected chi connectivity index (χ3v) is 4.21. The Morgan fingerprint density at radius 3 is 2.71 bits per heavy atom. The highest BCUT2D eigenvalue weighted by Gasteiger charge is 2.43. The number of rotatable bonds is 8. The molecule has 1 heterocycles. The molecule has 1 saturated heterocycles. The van der Waals surface area contributed by atoms with Gasteiger partial charge in [-0.1, -0.05) is 0 Å². The van der Waals surface area contributed by atoms with Crippen LogP contribution in [0.4, 0.5) is 0 Å². The molecule has 0 aromatic rings. The smallest absolute Gasteiger partial charge is 0.306 e. The number of ether oxygens (including phenoxy) is 4. The van der Waals surface area contributed by atoms with E-state index in [0.717, 1.165) is 25.9 Å². The van der Waals surface area contributed by atoms with Crippen molar-refractivity contribution in [3.05, 3.63) is 0 Å². The Morgan fingerprint density at radius 1 is 1.29 bits per heavy atom. The zero-order valence-electron chi connectivity index (χ0n) is 13.1. The number of hydrogen-bond donors (Lipinski definition) is 0. The van der Waals surface area contributed by atoms with E-state index in [-0.39, 0.29) is 17.9 Å². The molecule has 0 N–H and O–H groups in total. The molecule has 1 unspecified atom stereocenters. The van der Waals surface area contributed by atoms with Crippen LogP contribution in [0.15, 0.2) is 0 Å². The number of hydrogen-bond acceptors (Lipinski definition) is 6. The molecule has 6 nitrogen and oxygen atoms in total. The maximum Gasteiger partial charge on any atom is 0.306 e. The van der Waals surface area contributed by atoms with E-state index < -0.39 is 0 Å². The van der Waals surface area contributed by atoms with Crippen LogP contribution in [-0.2, 0) is 23.7 Å². The summed E-state index contributed by atoms with van der Waals surface area (Å²) in [6, 6.07) is 0. The predicted octanol–water partition coefficient (Wildman–Crippen LogP) is 1.18. The molecule has 1 spiro atoms. The van der Waals surface area contributed by atoms with Gasteiger partial charge in [-0.2, -0.15) is 0 Å². The van der Waals surface area contributed by atoms with Gasteiger partial charge >= 0.3 is 5.97 Å². The lowest BCUT2D eigenvalue weighted by Gasteiger charge is -2.26. The molecule has 0 aromatic heterocycles. The van der Waals surface area contributed by atoms with Gasteiger partial charge in [0.2, 0.25) is 0 Å². The molecule has 21 heavy (non-hydrogen) atoms. The number of nitrogens with zero attached hydrogens (tertiary/aromatic N) is 1. The van der Waals surface area contributed by atoms with Gasteiger partial charge in [0.25, 0.3) is 0 Å². The van der Waals surface area contributed by atoms with E-state index in [4.69, 9.17) is 18.9 Å². The summed E-state index contributed by atoms with van der Waals surface area (Å²) in [6.07, 6.45) is 4.84. The number of carbonyl (C=O) groups is 1. The third-order valence-electron chi connectivity index (χ3n) is 4.21. The van der Waals surface area contributed by atoms with E-state index in [9.17, 15) is 4.79 Å². The van der Waals surface area contributed by atoms with Gasteiger partial charge in [0.05, 0.1) is 32.8 Å². The highest BCUT2D eigenvalue weighted by Crippen LogP contribution is 2.39. The predicted molar refractivity (Wildman–Crippen MR) is 77.0 cm³/mol. The lowest BCUT2D eigenvalue weighted by Crippen LogP contribution is -2.38. The monoisotopic (exact) mass is 301 g/mol. The van der Waals surface area contributed by atoms with Crippen LogP contribution in [-0.4, -0.2) is 69.8 Å². The second kappa shape index (κ2) is 8.08. The molecule has 1 atom stereocenters. The summed E-state index contributed by atoms with van der Waals surface area (Å²) in [6.45, 7) is 3.48. The Morgan fingerprint density at radius 2 is 2.05 bits per heavy atom. The normalized spacial score (nSPS) is 24.0. The Kier molecular flexibility index (Phi) is 6.41. The standard InChI is InChI=1S/C15H27NO5/c1-18-10-9-16(8-5-14(17)19-2)11-13-12-20-15(21-13)6-3-4-7-15/h13H,3-12H2,1-2H3. The zero-order valence-corrected chi connectivity index (χ0v) is 13.1. The van der Waals surface area contributed by atoms with Gasteiger partial charge < -0.3 is 18.9 Å². The topological polar surface area (TPSA) is 57.2 Å². The molecule has 1 saturated carbocycles. The summed E-state index contributed by atoms with van der Waals surface area (Å²) in [5.41, 5.74) is 0. The average Bonchev–Trinajstić information content (AvgIpc) is 3.12. The van der Waals surface area contributed by atoms with Gasteiger partial charge in [0, 0.05) is 39.6 Å². The number of esters is 1. The Bertz CT molecular complexity index is 330. The van der Waals surface area contributed by atoms with E-state index in [1.54, 1.807) is 7.11 Å². The molecule has 2 aliphatic rings. The molecule has 0 bridgehead atoms. The zero-order chi connectivity index (χ0) is 15.1. The molecule has 122 valence electrons. The fourth-order valence-corrected chi connectivity index (χ4v) is 3.04. The largest absolute Gasteiger partial charge is 0.469 e. The minimum atomic E-state index is -0.320. The van der Waals surface area contributed by atoms with Crippen LogP contribution >= 0.6 is 0 Å². The minimum Gasteiger partial charge on any atom is -0.469 e. The molecule has 0 amide bonds. The molecular formula is C15H27NO5. The van der Waals surface area contributed by atoms with Crippen molar-refractivity contribution in [1.82, 2.24) is 4.90 Å². The van der Waals surface area contributed by atoms with Gasteiger partial charge in [-0.3, -0.25) is 9.69 Å². The maximum absolute atomic E-state index is 11.3. The van der Waals surface area contributed by atoms with Gasteiger partial charge in [0.1, 0.15) is 0 Å². The second-order valence-electron chi connectivity index (χ2n) is 5.79. The van der Waals surface area contributed by atoms with Crippen molar-refractivity contribution >= 4 is 5.97 Å². The van der Waals surface area contributed by atoms with Crippen molar-refractivity contribution in [2.24, 2.45) is 0 Å². The van der Waals surface area contributed by atoms with E-state index >= 15 is 0 Å². The molecule has 1 aliphatic carbocycles. The van der Waals surface area contributed by atoms with E-state index in [1.807, 2.05) is 0 Å². The van der Waals surface area contributed by atoms with E-state index in [1.165, 1.54) is 20.0 Å². The lowest BCUT2D eigenvalue weighted by atomic mass is 10.2. The number of methoxy groups -OCH3 is 2. The number of carbonyl (C=O) groups excluding carboxylic acids is 1. The Balaban J connectivity index is 1.79. The maximum atomic E-state index is 11.3. The molecule has 1 aliphatic heterocycles. The summed E-state index contributed by atoms with van der Waals surface area (Å²) in [7, 11) is 3.10. The highest BCUT2D eigenvalue weighted by molar-refractivity contribution is 5.69. The summed E-state index contributed by atoms with van der Waals surface area (Å²) < 4.78 is 21.9. The first kappa shape index (κ1) is 16.7. The molecule has 6 heteroatoms. The first-order valence-electron chi connectivity index (χ1n) is 7.77. The van der Waals surface area contributed by atoms with Crippen molar-refractivity contribution in [3.8, 4) is 0 Å². The average molecular weight is 301 g/mol. The summed E-state index contributed by atoms with van der Waals surface area (Å²) in [4.78, 5) is 13.5. The fourth-order valence-electron chi connectivity index (χ4n) is 3.04. The van der Waals surface area contributed by atoms with Crippen LogP contribution < -0.4 is 0 Å². The van der Waals surface area contributed by atoms with Crippen LogP contribution in [0.25, 0.3) is 0 Å². The summed E-state index contributed by atoms with van der Waals surface area (Å²) in [5.74, 6) is -0.506. The lowest BCUT2D eigenvalue weighted by molar-refractivity contribution is -0.163. The van der Waals surface area contributed by atoms with Crippen molar-refractivity contribution < 1.29 is 23.7 Å². The van der Waals surface area contributed by atoms with Crippen LogP contribution in [0.1, 0.15) is 32.1 Å². The van der Waals surface area contributed by atoms with Crippen LogP contribution in [0, 0.1) is 0 Å². The third kappa shape index (κ3) is 4.92. The molecule has 0 aromatic carbocycles. The van der Waals surface area contributed by atoms with Crippen LogP contribution in [0.3, 0.4) is 0 Å². The van der Waals surface area contributed by atoms with Crippen LogP contribution in [0.5, 0.6) is 0 Å². The summed E-state index contributed by atoms with van der Waals surface area (Å²) in [5, 5.41) is 0. The van der Waals surface area contributed by atoms with Gasteiger partial charge in [-0.25, -0.2) is 0 Å². The minimum absolute atomic E-state index is 0.0811.